The number of hydrogen-bond donors (Lipinski definition) is 3. The number of hydrogen-bond acceptors (Lipinski definition) is 7. The number of aromatic nitrogens is 7. The Balaban J connectivity index is 1.54. The molecule has 0 spiro atoms. The minimum absolute atomic E-state index is 0.0467. The van der Waals surface area contributed by atoms with Gasteiger partial charge >= 0.3 is 6.18 Å². The summed E-state index contributed by atoms with van der Waals surface area (Å²) in [5.74, 6) is 0.166. The molecule has 4 aromatic heterocycles. The number of pyridine rings is 1. The van der Waals surface area contributed by atoms with Crippen LogP contribution in [0.4, 0.5) is 19.1 Å². The van der Waals surface area contributed by atoms with Crippen molar-refractivity contribution in [1.29, 1.82) is 0 Å². The second kappa shape index (κ2) is 8.10. The van der Waals surface area contributed by atoms with E-state index in [9.17, 15) is 13.2 Å². The molecule has 0 amide bonds. The Morgan fingerprint density at radius 1 is 1.15 bits per heavy atom. The first kappa shape index (κ1) is 21.3. The van der Waals surface area contributed by atoms with E-state index in [-0.39, 0.29) is 17.7 Å². The van der Waals surface area contributed by atoms with Crippen LogP contribution in [-0.2, 0) is 13.2 Å². The Labute approximate surface area is 186 Å². The molecule has 172 valence electrons. The maximum atomic E-state index is 13.8. The molecule has 0 aliphatic carbocycles. The molecule has 0 unspecified atom stereocenters. The van der Waals surface area contributed by atoms with Crippen LogP contribution in [0.3, 0.4) is 0 Å². The molecule has 3 N–H and O–H groups in total. The number of piperidine rings is 1. The fourth-order valence-corrected chi connectivity index (χ4v) is 4.03. The average molecular weight is 457 g/mol. The van der Waals surface area contributed by atoms with Crippen LogP contribution in [0.25, 0.3) is 33.7 Å². The van der Waals surface area contributed by atoms with Gasteiger partial charge in [0.15, 0.2) is 0 Å². The zero-order valence-electron chi connectivity index (χ0n) is 18.0. The van der Waals surface area contributed by atoms with E-state index in [2.05, 4.69) is 47.8 Å². The quantitative estimate of drug-likeness (QED) is 0.431. The summed E-state index contributed by atoms with van der Waals surface area (Å²) in [6, 6.07) is 3.91. The Kier molecular flexibility index (Phi) is 5.23. The van der Waals surface area contributed by atoms with Gasteiger partial charge in [-0.2, -0.15) is 13.2 Å². The van der Waals surface area contributed by atoms with Crippen molar-refractivity contribution in [3.8, 4) is 22.6 Å². The lowest BCUT2D eigenvalue weighted by molar-refractivity contribution is -0.137. The molecule has 0 radical (unpaired) electrons. The molecule has 2 atom stereocenters. The second-order valence-corrected chi connectivity index (χ2v) is 8.22. The first-order chi connectivity index (χ1) is 15.8. The van der Waals surface area contributed by atoms with E-state index in [1.807, 2.05) is 0 Å². The van der Waals surface area contributed by atoms with Crippen molar-refractivity contribution < 1.29 is 13.2 Å². The molecule has 5 heterocycles. The summed E-state index contributed by atoms with van der Waals surface area (Å²) in [4.78, 5) is 15.8. The summed E-state index contributed by atoms with van der Waals surface area (Å²) >= 11 is 0. The van der Waals surface area contributed by atoms with E-state index in [1.165, 1.54) is 6.20 Å². The first-order valence-corrected chi connectivity index (χ1v) is 10.6. The Bertz CT molecular complexity index is 1290. The summed E-state index contributed by atoms with van der Waals surface area (Å²) in [7, 11) is 1.74. The number of fused-ring (bicyclic) bond motifs is 1. The molecule has 9 nitrogen and oxygen atoms in total. The van der Waals surface area contributed by atoms with Crippen molar-refractivity contribution >= 4 is 17.0 Å². The third-order valence-corrected chi connectivity index (χ3v) is 5.86. The van der Waals surface area contributed by atoms with Crippen LogP contribution in [0.1, 0.15) is 25.3 Å². The van der Waals surface area contributed by atoms with E-state index in [0.29, 0.717) is 40.6 Å². The van der Waals surface area contributed by atoms with Gasteiger partial charge in [0.2, 0.25) is 5.95 Å². The predicted octanol–water partition coefficient (Wildman–Crippen LogP) is 3.39. The molecule has 12 heteroatoms. The van der Waals surface area contributed by atoms with E-state index in [1.54, 1.807) is 30.1 Å². The van der Waals surface area contributed by atoms with Gasteiger partial charge in [0.25, 0.3) is 0 Å². The predicted molar refractivity (Wildman–Crippen MR) is 116 cm³/mol. The van der Waals surface area contributed by atoms with Crippen molar-refractivity contribution in [2.24, 2.45) is 7.05 Å². The van der Waals surface area contributed by atoms with Crippen LogP contribution in [0, 0.1) is 0 Å². The van der Waals surface area contributed by atoms with Gasteiger partial charge in [-0.15, -0.1) is 5.10 Å². The summed E-state index contributed by atoms with van der Waals surface area (Å²) in [5.41, 5.74) is 0.941. The molecular weight excluding hydrogens is 435 g/mol. The third kappa shape index (κ3) is 4.13. The van der Waals surface area contributed by atoms with Crippen LogP contribution in [0.2, 0.25) is 0 Å². The Hall–Kier alpha value is -3.54. The third-order valence-electron chi connectivity index (χ3n) is 5.86. The van der Waals surface area contributed by atoms with Crippen molar-refractivity contribution in [3.05, 3.63) is 36.3 Å². The van der Waals surface area contributed by atoms with Crippen LogP contribution >= 0.6 is 0 Å². The topological polar surface area (TPSA) is 109 Å². The molecule has 0 saturated carbocycles. The Morgan fingerprint density at radius 3 is 2.70 bits per heavy atom. The molecule has 4 aromatic rings. The molecule has 1 saturated heterocycles. The van der Waals surface area contributed by atoms with Gasteiger partial charge in [-0.05, 0) is 31.9 Å². The number of aryl methyl sites for hydroxylation is 1. The van der Waals surface area contributed by atoms with Crippen LogP contribution < -0.4 is 10.6 Å². The number of nitrogens with zero attached hydrogens (tertiary/aromatic N) is 6. The summed E-state index contributed by atoms with van der Waals surface area (Å²) in [6.07, 6.45) is 1.15. The lowest BCUT2D eigenvalue weighted by Crippen LogP contribution is -2.43. The smallest absolute Gasteiger partial charge is 0.350 e. The highest BCUT2D eigenvalue weighted by Gasteiger charge is 2.36. The minimum atomic E-state index is -4.60. The standard InChI is InChI=1S/C21H22F3N9/c1-11-3-4-12(7-25-11)29-20-27-9-15(21(22,23)24)18(31-20)14-8-26-19-13(14)5-6-16(30-19)17-10-28-32-33(17)2/h5-6,8-12,25H,3-4,7H2,1-2H3,(H,26,30)(H,27,29,31)/t11-,12-/m0/s1. The molecular formula is C21H22F3N9. The zero-order chi connectivity index (χ0) is 23.2. The molecule has 1 aliphatic heterocycles. The molecule has 33 heavy (non-hydrogen) atoms. The van der Waals surface area contributed by atoms with Gasteiger partial charge in [-0.25, -0.2) is 19.6 Å². The fraction of sp³-hybridized carbons (Fsp3) is 0.381. The van der Waals surface area contributed by atoms with Gasteiger partial charge in [-0.1, -0.05) is 5.21 Å². The lowest BCUT2D eigenvalue weighted by Gasteiger charge is -2.28. The second-order valence-electron chi connectivity index (χ2n) is 8.22. The zero-order valence-corrected chi connectivity index (χ0v) is 18.0. The van der Waals surface area contributed by atoms with Gasteiger partial charge < -0.3 is 15.6 Å². The van der Waals surface area contributed by atoms with Gasteiger partial charge in [0.05, 0.1) is 17.6 Å². The highest BCUT2D eigenvalue weighted by atomic mass is 19.4. The van der Waals surface area contributed by atoms with E-state index >= 15 is 0 Å². The van der Waals surface area contributed by atoms with Gasteiger partial charge in [-0.3, -0.25) is 0 Å². The summed E-state index contributed by atoms with van der Waals surface area (Å²) in [5, 5.41) is 14.8. The number of H-pyrrole nitrogens is 1. The number of rotatable bonds is 4. The molecule has 0 bridgehead atoms. The average Bonchev–Trinajstić information content (AvgIpc) is 3.40. The molecule has 0 aromatic carbocycles. The first-order valence-electron chi connectivity index (χ1n) is 10.6. The maximum Gasteiger partial charge on any atom is 0.419 e. The largest absolute Gasteiger partial charge is 0.419 e. The number of nitrogens with one attached hydrogen (secondary N) is 3. The summed E-state index contributed by atoms with van der Waals surface area (Å²) in [6.45, 7) is 2.80. The SMILES string of the molecule is C[C@H]1CC[C@H](Nc2ncc(C(F)(F)F)c(-c3c[nH]c4nc(-c5cnnn5C)ccc34)n2)CN1. The van der Waals surface area contributed by atoms with Gasteiger partial charge in [0, 0.05) is 49.0 Å². The Morgan fingerprint density at radius 2 is 2.00 bits per heavy atom. The van der Waals surface area contributed by atoms with Crippen molar-refractivity contribution in [1.82, 2.24) is 40.2 Å². The van der Waals surface area contributed by atoms with Crippen molar-refractivity contribution in [2.75, 3.05) is 11.9 Å². The fourth-order valence-electron chi connectivity index (χ4n) is 4.03. The van der Waals surface area contributed by atoms with Crippen LogP contribution in [-0.4, -0.2) is 53.6 Å². The monoisotopic (exact) mass is 457 g/mol. The highest BCUT2D eigenvalue weighted by Crippen LogP contribution is 2.38. The van der Waals surface area contributed by atoms with Crippen LogP contribution in [0.5, 0.6) is 0 Å². The highest BCUT2D eigenvalue weighted by molar-refractivity contribution is 5.94. The maximum absolute atomic E-state index is 13.8. The van der Waals surface area contributed by atoms with E-state index < -0.39 is 11.7 Å². The minimum Gasteiger partial charge on any atom is -0.350 e. The van der Waals surface area contributed by atoms with Crippen molar-refractivity contribution in [3.63, 3.8) is 0 Å². The van der Waals surface area contributed by atoms with Crippen LogP contribution in [0.15, 0.2) is 30.7 Å². The molecule has 5 rings (SSSR count). The molecule has 1 fully saturated rings. The number of anilines is 1. The number of alkyl halides is 3. The number of aromatic amines is 1. The van der Waals surface area contributed by atoms with Gasteiger partial charge in [0.1, 0.15) is 16.9 Å². The van der Waals surface area contributed by atoms with E-state index in [0.717, 1.165) is 19.0 Å². The van der Waals surface area contributed by atoms with E-state index in [4.69, 9.17) is 0 Å². The number of halogens is 3. The normalized spacial score (nSPS) is 19.2. The lowest BCUT2D eigenvalue weighted by atomic mass is 10.0. The summed E-state index contributed by atoms with van der Waals surface area (Å²) < 4.78 is 43.0. The van der Waals surface area contributed by atoms with Crippen molar-refractivity contribution in [2.45, 2.75) is 38.0 Å². The molecule has 1 aliphatic rings.